The molecule has 31 nitrogen and oxygen atoms in total. The van der Waals surface area contributed by atoms with Crippen LogP contribution in [0.1, 0.15) is 177 Å². The van der Waals surface area contributed by atoms with E-state index >= 15 is 38.4 Å². The fraction of sp³-hybridized carbons (Fsp3) is 0.625. The maximum absolute atomic E-state index is 15.7. The third kappa shape index (κ3) is 28.4. The van der Waals surface area contributed by atoms with Gasteiger partial charge in [0.2, 0.25) is 88.6 Å². The van der Waals surface area contributed by atoms with Crippen LogP contribution in [0.5, 0.6) is 0 Å². The number of hydrogen-bond donors (Lipinski definition) is 9. The number of nitrogens with zero attached hydrogens (tertiary/aromatic N) is 7. The maximum Gasteiger partial charge on any atom is 0.248 e. The topological polar surface area (TPSA) is 395 Å². The number of piperidine rings is 1. The number of carbonyl (C=O) groups is 15. The Labute approximate surface area is 702 Å². The third-order valence-corrected chi connectivity index (χ3v) is 22.6. The third-order valence-electron chi connectivity index (χ3n) is 22.6. The second-order valence-electron chi connectivity index (χ2n) is 34.3. The molecule has 0 radical (unpaired) electrons. The molecule has 0 saturated carbocycles. The van der Waals surface area contributed by atoms with Gasteiger partial charge >= 0.3 is 0 Å². The first kappa shape index (κ1) is 97.5. The number of aliphatic hydroxyl groups is 1. The van der Waals surface area contributed by atoms with Gasteiger partial charge in [-0.25, -0.2) is 0 Å². The first-order valence-corrected chi connectivity index (χ1v) is 42.3. The molecule has 119 heavy (non-hydrogen) atoms. The van der Waals surface area contributed by atoms with Crippen LogP contribution < -0.4 is 42.5 Å². The first-order valence-electron chi connectivity index (χ1n) is 42.3. The summed E-state index contributed by atoms with van der Waals surface area (Å²) in [6.45, 7) is 22.5. The Bertz CT molecular complexity index is 3960. The van der Waals surface area contributed by atoms with E-state index < -0.39 is 180 Å². The number of rotatable bonds is 22. The molecule has 0 aromatic heterocycles. The van der Waals surface area contributed by atoms with Crippen LogP contribution in [0.2, 0.25) is 0 Å². The zero-order valence-corrected chi connectivity index (χ0v) is 73.1. The lowest BCUT2D eigenvalue weighted by Gasteiger charge is -2.38. The normalized spacial score (nSPS) is 24.9. The van der Waals surface area contributed by atoms with E-state index in [1.807, 2.05) is 55.4 Å². The number of aliphatic hydroxyl groups excluding tert-OH is 1. The van der Waals surface area contributed by atoms with Crippen LogP contribution in [0.4, 0.5) is 0 Å². The molecule has 3 heterocycles. The molecule has 0 unspecified atom stereocenters. The molecule has 3 aromatic carbocycles. The molecule has 15 amide bonds. The van der Waals surface area contributed by atoms with E-state index in [1.165, 1.54) is 75.6 Å². The molecule has 0 aliphatic carbocycles. The molecular formula is C88H133N15O16. The summed E-state index contributed by atoms with van der Waals surface area (Å²) < 4.78 is 0. The van der Waals surface area contributed by atoms with Crippen molar-refractivity contribution in [2.45, 2.75) is 265 Å². The predicted octanol–water partition coefficient (Wildman–Crippen LogP) is 3.42. The van der Waals surface area contributed by atoms with Crippen LogP contribution in [0, 0.1) is 29.6 Å². The number of benzene rings is 3. The number of nitrogens with one attached hydrogen (secondary N) is 8. The molecule has 0 bridgehead atoms. The van der Waals surface area contributed by atoms with Crippen LogP contribution in [0.3, 0.4) is 0 Å². The van der Waals surface area contributed by atoms with Gasteiger partial charge in [0, 0.05) is 74.1 Å². The molecule has 656 valence electrons. The number of hydrogen-bond acceptors (Lipinski definition) is 16. The average Bonchev–Trinajstić information content (AvgIpc) is 1.78. The lowest BCUT2D eigenvalue weighted by Crippen LogP contribution is -2.62. The monoisotopic (exact) mass is 1660 g/mol. The minimum atomic E-state index is -1.90. The summed E-state index contributed by atoms with van der Waals surface area (Å²) in [4.78, 5) is 233. The molecule has 15 atom stereocenters. The first-order chi connectivity index (χ1) is 56.1. The van der Waals surface area contributed by atoms with Gasteiger partial charge < -0.3 is 81.9 Å². The minimum absolute atomic E-state index is 0.0418. The Morgan fingerprint density at radius 3 is 1.47 bits per heavy atom. The van der Waals surface area contributed by atoms with Gasteiger partial charge in [-0.15, -0.1) is 0 Å². The van der Waals surface area contributed by atoms with Gasteiger partial charge in [0.1, 0.15) is 78.5 Å². The van der Waals surface area contributed by atoms with Gasteiger partial charge in [-0.1, -0.05) is 167 Å². The van der Waals surface area contributed by atoms with Crippen molar-refractivity contribution in [1.29, 1.82) is 0 Å². The zero-order chi connectivity index (χ0) is 88.4. The highest BCUT2D eigenvalue weighted by molar-refractivity contribution is 6.01. The second kappa shape index (κ2) is 46.3. The van der Waals surface area contributed by atoms with Gasteiger partial charge in [0.05, 0.1) is 19.1 Å². The molecular weight excluding hydrogens is 1520 g/mol. The summed E-state index contributed by atoms with van der Waals surface area (Å²) in [5.74, 6) is -13.2. The summed E-state index contributed by atoms with van der Waals surface area (Å²) >= 11 is 0. The van der Waals surface area contributed by atoms with Gasteiger partial charge in [0.25, 0.3) is 0 Å². The standard InChI is InChI=1S/C88H133N15O16/c1-19-56(10)74(88(119)102-40-30-23-31-41-102)95-78(109)63(47-60-33-24-20-25-34-60)92-77(108)64-50-72(105)89-57(11)76(107)96-75(59(13)104)87(118)97(14)51-73(106)91-65(43-52(2)3)84(115)103-42-32-39-67(103)85(116)99(16)70(46-55(8)9)81(112)94-66(48-61-35-26-21-27-36-61)83(114)101(18)71(49-62-37-28-22-29-38-62)86(117)100(17)68(44-53(4)5)79(110)90-58(12)82(113)98(15)69(45-54(6)7)80(111)93-64/h20-22,24-29,33-38,52-59,63-71,74-75,104H,19,23,30-32,39-51H2,1-18H3,(H,89,105)(H,90,110)(H,91,106)(H,92,108)(H,93,111)(H,94,112)(H,95,109)(H,96,107)/t56-,57-,58-,59+,63-,64-,65-,66-,67-,68-,69-,70-,71-,74-,75-/m0/s1. The molecule has 9 N–H and O–H groups in total. The smallest absolute Gasteiger partial charge is 0.248 e. The Balaban J connectivity index is 1.46. The van der Waals surface area contributed by atoms with Crippen LogP contribution in [-0.2, 0) is 91.2 Å². The van der Waals surface area contributed by atoms with E-state index in [0.717, 1.165) is 29.1 Å². The van der Waals surface area contributed by atoms with E-state index in [1.54, 1.807) is 110 Å². The van der Waals surface area contributed by atoms with Crippen molar-refractivity contribution < 1.29 is 77.0 Å². The van der Waals surface area contributed by atoms with E-state index in [2.05, 4.69) is 42.5 Å². The zero-order valence-electron chi connectivity index (χ0n) is 73.1. The summed E-state index contributed by atoms with van der Waals surface area (Å²) in [6.07, 6.45) is 0.856. The van der Waals surface area contributed by atoms with Crippen LogP contribution in [0.25, 0.3) is 0 Å². The van der Waals surface area contributed by atoms with Crippen molar-refractivity contribution in [3.63, 3.8) is 0 Å². The highest BCUT2D eigenvalue weighted by atomic mass is 16.3. The highest BCUT2D eigenvalue weighted by Gasteiger charge is 2.46. The van der Waals surface area contributed by atoms with Gasteiger partial charge in [-0.3, -0.25) is 71.9 Å². The van der Waals surface area contributed by atoms with Crippen LogP contribution in [-0.4, -0.2) is 274 Å². The van der Waals surface area contributed by atoms with E-state index in [9.17, 15) is 38.7 Å². The second-order valence-corrected chi connectivity index (χ2v) is 34.3. The van der Waals surface area contributed by atoms with E-state index in [0.29, 0.717) is 42.6 Å². The summed E-state index contributed by atoms with van der Waals surface area (Å²) in [5.41, 5.74) is 1.85. The quantitative estimate of drug-likeness (QED) is 0.0696. The summed E-state index contributed by atoms with van der Waals surface area (Å²) in [7, 11) is 6.87. The van der Waals surface area contributed by atoms with Gasteiger partial charge in [-0.2, -0.15) is 0 Å². The van der Waals surface area contributed by atoms with Gasteiger partial charge in [0.15, 0.2) is 0 Å². The number of likely N-dealkylation sites (tertiary alicyclic amines) is 1. The molecule has 6 rings (SSSR count). The Kier molecular flexibility index (Phi) is 37.9. The Morgan fingerprint density at radius 2 is 0.950 bits per heavy atom. The number of likely N-dealkylation sites (N-methyl/N-ethyl adjacent to an activating group) is 5. The molecule has 3 fully saturated rings. The fourth-order valence-corrected chi connectivity index (χ4v) is 15.4. The molecule has 31 heteroatoms. The van der Waals surface area contributed by atoms with E-state index in [-0.39, 0.29) is 93.4 Å². The van der Waals surface area contributed by atoms with Crippen molar-refractivity contribution >= 4 is 88.6 Å². The van der Waals surface area contributed by atoms with Crippen molar-refractivity contribution in [2.24, 2.45) is 29.6 Å². The molecule has 3 aliphatic heterocycles. The largest absolute Gasteiger partial charge is 0.391 e. The van der Waals surface area contributed by atoms with Crippen molar-refractivity contribution in [1.82, 2.24) is 76.8 Å². The number of carbonyl (C=O) groups excluding carboxylic acids is 15. The number of fused-ring (bicyclic) bond motifs is 1. The van der Waals surface area contributed by atoms with Crippen LogP contribution in [0.15, 0.2) is 91.0 Å². The van der Waals surface area contributed by atoms with Crippen molar-refractivity contribution in [3.8, 4) is 0 Å². The minimum Gasteiger partial charge on any atom is -0.391 e. The summed E-state index contributed by atoms with van der Waals surface area (Å²) in [6, 6.07) is 8.30. The van der Waals surface area contributed by atoms with E-state index in [4.69, 9.17) is 0 Å². The lowest BCUT2D eigenvalue weighted by molar-refractivity contribution is -0.150. The molecule has 0 spiro atoms. The van der Waals surface area contributed by atoms with Crippen molar-refractivity contribution in [3.05, 3.63) is 108 Å². The highest BCUT2D eigenvalue weighted by Crippen LogP contribution is 2.27. The Hall–Kier alpha value is -10.3. The molecule has 3 aliphatic rings. The summed E-state index contributed by atoms with van der Waals surface area (Å²) in [5, 5.41) is 33.0. The number of amides is 15. The van der Waals surface area contributed by atoms with Gasteiger partial charge in [-0.05, 0) is 125 Å². The maximum atomic E-state index is 15.7. The predicted molar refractivity (Wildman–Crippen MR) is 450 cm³/mol. The molecule has 3 aromatic rings. The van der Waals surface area contributed by atoms with Crippen molar-refractivity contribution in [2.75, 3.05) is 61.4 Å². The molecule has 3 saturated heterocycles. The average molecular weight is 1660 g/mol. The SMILES string of the molecule is CC[C@H](C)[C@H](NC(=O)[C@H](Cc1ccccc1)NC(=O)[C@@H]1CC(=O)N[C@@H](C)C(=O)N[C@@H]([C@@H](C)O)C(=O)N(C)CC(=O)N[C@@H](CC(C)C)C(=O)N2CCC[C@H]2C(=O)N(C)[C@@H](CC(C)C)C(=O)N[C@@H](Cc2ccccc2)C(=O)N(C)[C@@H](Cc2ccccc2)C(=O)N(C)[C@@H](CC(C)C)C(=O)N[C@@H](C)C(=O)N(C)[C@@H](CC(C)C)C(=O)N1)C(=O)N1CCCCC1. The lowest BCUT2D eigenvalue weighted by atomic mass is 9.95. The fourth-order valence-electron chi connectivity index (χ4n) is 15.4. The Morgan fingerprint density at radius 1 is 0.462 bits per heavy atom. The van der Waals surface area contributed by atoms with Crippen LogP contribution >= 0.6 is 0 Å².